The number of hydrogen-bond donors (Lipinski definition) is 1. The summed E-state index contributed by atoms with van der Waals surface area (Å²) in [5.74, 6) is -4.60. The average molecular weight is 312 g/mol. The molecule has 0 amide bonds. The van der Waals surface area contributed by atoms with Crippen LogP contribution in [0.15, 0.2) is 0 Å². The molecule has 124 valence electrons. The van der Waals surface area contributed by atoms with Crippen LogP contribution in [0, 0.1) is 11.8 Å². The number of hydrogen-bond acceptors (Lipinski definition) is 3. The zero-order valence-electron chi connectivity index (χ0n) is 12.8. The summed E-state index contributed by atoms with van der Waals surface area (Å²) in [6.45, 7) is 6.47. The predicted octanol–water partition coefficient (Wildman–Crippen LogP) is 3.79. The maximum Gasteiger partial charge on any atom is 0.389 e. The number of esters is 1. The molecule has 1 N–H and O–H groups in total. The molecule has 0 rings (SSSR count). The van der Waals surface area contributed by atoms with Crippen LogP contribution < -0.4 is 0 Å². The molecule has 0 aromatic heterocycles. The fraction of sp³-hybridized carbons (Fsp3) is 0.857. The molecular weight excluding hydrogens is 289 g/mol. The zero-order chi connectivity index (χ0) is 16.8. The van der Waals surface area contributed by atoms with Gasteiger partial charge in [0.1, 0.15) is 5.60 Å². The number of carboxylic acids is 1. The maximum absolute atomic E-state index is 12.4. The minimum atomic E-state index is -4.43. The lowest BCUT2D eigenvalue weighted by Crippen LogP contribution is -2.36. The van der Waals surface area contributed by atoms with E-state index in [0.717, 1.165) is 0 Å². The number of ether oxygens (including phenoxy) is 1. The number of rotatable bonds is 7. The van der Waals surface area contributed by atoms with Crippen molar-refractivity contribution in [3.63, 3.8) is 0 Å². The molecule has 21 heavy (non-hydrogen) atoms. The highest BCUT2D eigenvalue weighted by atomic mass is 19.4. The molecule has 0 bridgehead atoms. The van der Waals surface area contributed by atoms with Crippen LogP contribution in [0.1, 0.15) is 53.4 Å². The van der Waals surface area contributed by atoms with E-state index < -0.39 is 48.4 Å². The first-order valence-electron chi connectivity index (χ1n) is 6.89. The van der Waals surface area contributed by atoms with Crippen LogP contribution in [-0.2, 0) is 14.3 Å². The molecule has 0 aromatic rings. The van der Waals surface area contributed by atoms with E-state index in [0.29, 0.717) is 6.42 Å². The number of carbonyl (C=O) groups is 2. The predicted molar refractivity (Wildman–Crippen MR) is 70.7 cm³/mol. The molecule has 0 spiro atoms. The van der Waals surface area contributed by atoms with Crippen LogP contribution in [-0.4, -0.2) is 28.8 Å². The summed E-state index contributed by atoms with van der Waals surface area (Å²) >= 11 is 0. The van der Waals surface area contributed by atoms with Gasteiger partial charge in [0.2, 0.25) is 0 Å². The number of halogens is 3. The summed E-state index contributed by atoms with van der Waals surface area (Å²) < 4.78 is 42.2. The fourth-order valence-electron chi connectivity index (χ4n) is 1.99. The van der Waals surface area contributed by atoms with Crippen molar-refractivity contribution in [3.05, 3.63) is 0 Å². The van der Waals surface area contributed by atoms with Crippen molar-refractivity contribution in [1.82, 2.24) is 0 Å². The van der Waals surface area contributed by atoms with Crippen LogP contribution in [0.4, 0.5) is 13.2 Å². The van der Waals surface area contributed by atoms with Gasteiger partial charge in [-0.05, 0) is 33.6 Å². The molecule has 0 radical (unpaired) electrons. The first-order valence-corrected chi connectivity index (χ1v) is 6.89. The number of carboxylic acid groups (broad SMARTS) is 1. The largest absolute Gasteiger partial charge is 0.481 e. The molecule has 0 aliphatic rings. The van der Waals surface area contributed by atoms with Crippen molar-refractivity contribution < 1.29 is 32.6 Å². The first kappa shape index (κ1) is 19.7. The Bertz CT molecular complexity index is 358. The van der Waals surface area contributed by atoms with E-state index in [9.17, 15) is 22.8 Å². The van der Waals surface area contributed by atoms with Crippen molar-refractivity contribution in [2.45, 2.75) is 65.2 Å². The van der Waals surface area contributed by atoms with Gasteiger partial charge in [-0.25, -0.2) is 0 Å². The standard InChI is InChI=1S/C14H23F3O4/c1-5-6-9(11(18)19)10(7-8-14(15,16)17)12(20)21-13(2,3)4/h9-10H,5-8H2,1-4H3,(H,18,19)/t9-,10?/m1/s1. The molecular formula is C14H23F3O4. The summed E-state index contributed by atoms with van der Waals surface area (Å²) in [5.41, 5.74) is -0.872. The van der Waals surface area contributed by atoms with Crippen LogP contribution >= 0.6 is 0 Å². The third kappa shape index (κ3) is 8.57. The SMILES string of the molecule is CCC[C@@H](C(=O)O)C(CCC(F)(F)F)C(=O)OC(C)(C)C. The fourth-order valence-corrected chi connectivity index (χ4v) is 1.99. The number of alkyl halides is 3. The van der Waals surface area contributed by atoms with Crippen molar-refractivity contribution >= 4 is 11.9 Å². The summed E-state index contributed by atoms with van der Waals surface area (Å²) in [6.07, 6.45) is -5.62. The Kier molecular flexibility index (Phi) is 7.19. The molecule has 0 aromatic carbocycles. The summed E-state index contributed by atoms with van der Waals surface area (Å²) in [4.78, 5) is 23.3. The van der Waals surface area contributed by atoms with Gasteiger partial charge in [-0.2, -0.15) is 13.2 Å². The Labute approximate surface area is 122 Å². The molecule has 1 unspecified atom stereocenters. The first-order chi connectivity index (χ1) is 9.37. The second-order valence-electron chi connectivity index (χ2n) is 6.03. The minimum absolute atomic E-state index is 0.136. The van der Waals surface area contributed by atoms with Crippen LogP contribution in [0.25, 0.3) is 0 Å². The maximum atomic E-state index is 12.4. The quantitative estimate of drug-likeness (QED) is 0.726. The highest BCUT2D eigenvalue weighted by Gasteiger charge is 2.39. The second-order valence-corrected chi connectivity index (χ2v) is 6.03. The molecule has 4 nitrogen and oxygen atoms in total. The van der Waals surface area contributed by atoms with Crippen molar-refractivity contribution in [1.29, 1.82) is 0 Å². The zero-order valence-corrected chi connectivity index (χ0v) is 12.8. The summed E-state index contributed by atoms with van der Waals surface area (Å²) in [6, 6.07) is 0. The van der Waals surface area contributed by atoms with Crippen molar-refractivity contribution in [2.24, 2.45) is 11.8 Å². The third-order valence-corrected chi connectivity index (χ3v) is 2.85. The van der Waals surface area contributed by atoms with Gasteiger partial charge in [0, 0.05) is 6.42 Å². The van der Waals surface area contributed by atoms with Gasteiger partial charge in [0.05, 0.1) is 11.8 Å². The van der Waals surface area contributed by atoms with E-state index in [4.69, 9.17) is 9.84 Å². The smallest absolute Gasteiger partial charge is 0.389 e. The van der Waals surface area contributed by atoms with Crippen LogP contribution in [0.2, 0.25) is 0 Å². The third-order valence-electron chi connectivity index (χ3n) is 2.85. The lowest BCUT2D eigenvalue weighted by molar-refractivity contribution is -0.171. The van der Waals surface area contributed by atoms with Crippen molar-refractivity contribution in [2.75, 3.05) is 0 Å². The molecule has 0 saturated carbocycles. The Hall–Kier alpha value is -1.27. The van der Waals surface area contributed by atoms with Gasteiger partial charge in [0.15, 0.2) is 0 Å². The van der Waals surface area contributed by atoms with Gasteiger partial charge in [-0.15, -0.1) is 0 Å². The van der Waals surface area contributed by atoms with E-state index in [-0.39, 0.29) is 6.42 Å². The second kappa shape index (κ2) is 7.66. The molecule has 0 saturated heterocycles. The van der Waals surface area contributed by atoms with E-state index in [1.54, 1.807) is 27.7 Å². The minimum Gasteiger partial charge on any atom is -0.481 e. The van der Waals surface area contributed by atoms with Gasteiger partial charge in [-0.1, -0.05) is 13.3 Å². The molecule has 2 atom stereocenters. The van der Waals surface area contributed by atoms with Gasteiger partial charge >= 0.3 is 18.1 Å². The molecule has 7 heteroatoms. The normalized spacial score (nSPS) is 15.4. The van der Waals surface area contributed by atoms with E-state index in [1.165, 1.54) is 0 Å². The van der Waals surface area contributed by atoms with E-state index >= 15 is 0 Å². The van der Waals surface area contributed by atoms with Gasteiger partial charge in [-0.3, -0.25) is 9.59 Å². The lowest BCUT2D eigenvalue weighted by atomic mass is 9.85. The number of aliphatic carboxylic acids is 1. The summed E-state index contributed by atoms with van der Waals surface area (Å²) in [5, 5.41) is 9.16. The Morgan fingerprint density at radius 2 is 1.62 bits per heavy atom. The van der Waals surface area contributed by atoms with Crippen LogP contribution in [0.3, 0.4) is 0 Å². The topological polar surface area (TPSA) is 63.6 Å². The Morgan fingerprint density at radius 1 is 1.10 bits per heavy atom. The highest BCUT2D eigenvalue weighted by molar-refractivity contribution is 5.81. The van der Waals surface area contributed by atoms with Crippen molar-refractivity contribution in [3.8, 4) is 0 Å². The van der Waals surface area contributed by atoms with E-state index in [1.807, 2.05) is 0 Å². The Balaban J connectivity index is 5.14. The summed E-state index contributed by atoms with van der Waals surface area (Å²) in [7, 11) is 0. The average Bonchev–Trinajstić information content (AvgIpc) is 2.23. The molecule has 0 heterocycles. The van der Waals surface area contributed by atoms with Crippen LogP contribution in [0.5, 0.6) is 0 Å². The Morgan fingerprint density at radius 3 is 1.95 bits per heavy atom. The lowest BCUT2D eigenvalue weighted by Gasteiger charge is -2.27. The number of carbonyl (C=O) groups excluding carboxylic acids is 1. The molecule has 0 fully saturated rings. The van der Waals surface area contributed by atoms with Gasteiger partial charge < -0.3 is 9.84 Å². The van der Waals surface area contributed by atoms with E-state index in [2.05, 4.69) is 0 Å². The highest BCUT2D eigenvalue weighted by Crippen LogP contribution is 2.31. The monoisotopic (exact) mass is 312 g/mol. The molecule has 0 aliphatic carbocycles. The molecule has 0 aliphatic heterocycles. The van der Waals surface area contributed by atoms with Gasteiger partial charge in [0.25, 0.3) is 0 Å².